The molecule has 1 N–H and O–H groups in total. The van der Waals surface area contributed by atoms with E-state index in [-0.39, 0.29) is 5.91 Å². The van der Waals surface area contributed by atoms with Gasteiger partial charge in [0.15, 0.2) is 17.8 Å². The van der Waals surface area contributed by atoms with Gasteiger partial charge in [0, 0.05) is 26.3 Å². The molecule has 4 rings (SSSR count). The minimum Gasteiger partial charge on any atom is -0.378 e. The molecule has 25 heavy (non-hydrogen) atoms. The molecule has 128 valence electrons. The van der Waals surface area contributed by atoms with Gasteiger partial charge < -0.3 is 14.6 Å². The molecule has 0 saturated heterocycles. The predicted molar refractivity (Wildman–Crippen MR) is 89.0 cm³/mol. The minimum absolute atomic E-state index is 0.316. The van der Waals surface area contributed by atoms with E-state index in [0.717, 1.165) is 11.4 Å². The number of aliphatic hydroxyl groups is 1. The Balaban J connectivity index is 1.54. The number of hydrogen-bond acceptors (Lipinski definition) is 5. The smallest absolute Gasteiger partial charge is 0.256 e. The highest BCUT2D eigenvalue weighted by atomic mass is 16.3. The van der Waals surface area contributed by atoms with Crippen molar-refractivity contribution in [2.75, 3.05) is 6.54 Å². The quantitative estimate of drug-likeness (QED) is 0.761. The molecular weight excluding hydrogens is 320 g/mol. The van der Waals surface area contributed by atoms with E-state index in [9.17, 15) is 9.90 Å². The number of hydrogen-bond donors (Lipinski definition) is 1. The van der Waals surface area contributed by atoms with Crippen LogP contribution in [-0.4, -0.2) is 47.0 Å². The third-order valence-electron chi connectivity index (χ3n) is 4.38. The Bertz CT molecular complexity index is 901. The lowest BCUT2D eigenvalue weighted by Crippen LogP contribution is -2.41. The van der Waals surface area contributed by atoms with Crippen LogP contribution < -0.4 is 0 Å². The van der Waals surface area contributed by atoms with E-state index in [1.165, 1.54) is 0 Å². The van der Waals surface area contributed by atoms with Crippen molar-refractivity contribution in [3.05, 3.63) is 54.1 Å². The highest BCUT2D eigenvalue weighted by molar-refractivity contribution is 5.82. The average molecular weight is 338 g/mol. The number of carbonyl (C=O) groups excluding carboxylic acids is 1. The van der Waals surface area contributed by atoms with Gasteiger partial charge >= 0.3 is 0 Å². The molecule has 1 atom stereocenters. The molecule has 0 aliphatic carbocycles. The number of aliphatic hydroxyl groups excluding tert-OH is 1. The van der Waals surface area contributed by atoms with E-state index in [0.29, 0.717) is 31.0 Å². The van der Waals surface area contributed by atoms with Crippen molar-refractivity contribution in [1.29, 1.82) is 0 Å². The lowest BCUT2D eigenvalue weighted by Gasteiger charge is -2.29. The maximum Gasteiger partial charge on any atom is 0.256 e. The molecule has 1 unspecified atom stereocenters. The standard InChI is InChI=1S/C17H18N6O2/c1-21-10-13(9-18-21)16-20-19-14-11-22(7-8-23(14)16)17(25)15(24)12-5-3-2-4-6-12/h2-6,9-10,15,24H,7-8,11H2,1H3. The van der Waals surface area contributed by atoms with E-state index < -0.39 is 6.10 Å². The van der Waals surface area contributed by atoms with Crippen LogP contribution in [0.5, 0.6) is 0 Å². The number of aryl methyl sites for hydroxylation is 1. The highest BCUT2D eigenvalue weighted by Gasteiger charge is 2.29. The Morgan fingerprint density at radius 3 is 2.72 bits per heavy atom. The largest absolute Gasteiger partial charge is 0.378 e. The second kappa shape index (κ2) is 6.14. The first-order valence-electron chi connectivity index (χ1n) is 8.06. The fourth-order valence-corrected chi connectivity index (χ4v) is 3.05. The molecule has 0 radical (unpaired) electrons. The monoisotopic (exact) mass is 338 g/mol. The number of amides is 1. The molecule has 1 aliphatic rings. The van der Waals surface area contributed by atoms with Crippen molar-refractivity contribution in [1.82, 2.24) is 29.4 Å². The van der Waals surface area contributed by atoms with Crippen molar-refractivity contribution in [3.8, 4) is 11.4 Å². The molecule has 0 fully saturated rings. The number of rotatable bonds is 3. The topological polar surface area (TPSA) is 89.1 Å². The van der Waals surface area contributed by atoms with Crippen LogP contribution in [-0.2, 0) is 24.9 Å². The normalized spacial score (nSPS) is 15.0. The Labute approximate surface area is 144 Å². The Morgan fingerprint density at radius 1 is 1.20 bits per heavy atom. The van der Waals surface area contributed by atoms with E-state index in [2.05, 4.69) is 15.3 Å². The van der Waals surface area contributed by atoms with Crippen LogP contribution in [0.3, 0.4) is 0 Å². The molecule has 3 aromatic rings. The van der Waals surface area contributed by atoms with Crippen LogP contribution in [0.2, 0.25) is 0 Å². The van der Waals surface area contributed by atoms with Crippen LogP contribution in [0, 0.1) is 0 Å². The first-order chi connectivity index (χ1) is 12.1. The fourth-order valence-electron chi connectivity index (χ4n) is 3.05. The number of aromatic nitrogens is 5. The Kier molecular flexibility index (Phi) is 3.81. The van der Waals surface area contributed by atoms with E-state index >= 15 is 0 Å². The number of fused-ring (bicyclic) bond motifs is 1. The van der Waals surface area contributed by atoms with Crippen molar-refractivity contribution >= 4 is 5.91 Å². The number of carbonyl (C=O) groups is 1. The van der Waals surface area contributed by atoms with Crippen molar-refractivity contribution in [2.24, 2.45) is 7.05 Å². The molecular formula is C17H18N6O2. The van der Waals surface area contributed by atoms with Gasteiger partial charge in [-0.25, -0.2) is 0 Å². The second-order valence-corrected chi connectivity index (χ2v) is 6.07. The first kappa shape index (κ1) is 15.5. The van der Waals surface area contributed by atoms with Crippen LogP contribution in [0.25, 0.3) is 11.4 Å². The summed E-state index contributed by atoms with van der Waals surface area (Å²) in [6, 6.07) is 8.95. The van der Waals surface area contributed by atoms with Gasteiger partial charge in [-0.3, -0.25) is 9.48 Å². The summed E-state index contributed by atoms with van der Waals surface area (Å²) < 4.78 is 3.71. The lowest BCUT2D eigenvalue weighted by atomic mass is 10.1. The summed E-state index contributed by atoms with van der Waals surface area (Å²) in [7, 11) is 1.85. The Hall–Kier alpha value is -3.00. The van der Waals surface area contributed by atoms with Gasteiger partial charge in [0.2, 0.25) is 0 Å². The third kappa shape index (κ3) is 2.80. The maximum absolute atomic E-state index is 12.6. The van der Waals surface area contributed by atoms with Crippen LogP contribution in [0.4, 0.5) is 0 Å². The third-order valence-corrected chi connectivity index (χ3v) is 4.38. The van der Waals surface area contributed by atoms with Gasteiger partial charge in [0.05, 0.1) is 18.3 Å². The van der Waals surface area contributed by atoms with Crippen molar-refractivity contribution in [3.63, 3.8) is 0 Å². The van der Waals surface area contributed by atoms with Crippen LogP contribution in [0.15, 0.2) is 42.7 Å². The van der Waals surface area contributed by atoms with E-state index in [1.54, 1.807) is 40.0 Å². The van der Waals surface area contributed by atoms with Crippen LogP contribution in [0.1, 0.15) is 17.5 Å². The molecule has 0 bridgehead atoms. The summed E-state index contributed by atoms with van der Waals surface area (Å²) in [5.74, 6) is 1.14. The van der Waals surface area contributed by atoms with Gasteiger partial charge in [-0.1, -0.05) is 30.3 Å². The number of nitrogens with zero attached hydrogens (tertiary/aromatic N) is 6. The summed E-state index contributed by atoms with van der Waals surface area (Å²) in [4.78, 5) is 14.2. The minimum atomic E-state index is -1.16. The molecule has 1 amide bonds. The maximum atomic E-state index is 12.6. The fraction of sp³-hybridized carbons (Fsp3) is 0.294. The lowest BCUT2D eigenvalue weighted by molar-refractivity contribution is -0.142. The van der Waals surface area contributed by atoms with Gasteiger partial charge in [-0.15, -0.1) is 10.2 Å². The van der Waals surface area contributed by atoms with Crippen molar-refractivity contribution < 1.29 is 9.90 Å². The summed E-state index contributed by atoms with van der Waals surface area (Å²) >= 11 is 0. The zero-order chi connectivity index (χ0) is 17.4. The zero-order valence-electron chi connectivity index (χ0n) is 13.8. The van der Waals surface area contributed by atoms with Gasteiger partial charge in [0.25, 0.3) is 5.91 Å². The van der Waals surface area contributed by atoms with Gasteiger partial charge in [-0.2, -0.15) is 5.10 Å². The molecule has 1 aromatic carbocycles. The summed E-state index contributed by atoms with van der Waals surface area (Å²) in [5, 5.41) is 22.9. The molecule has 3 heterocycles. The van der Waals surface area contributed by atoms with Gasteiger partial charge in [0.1, 0.15) is 0 Å². The summed E-state index contributed by atoms with van der Waals surface area (Å²) in [6.07, 6.45) is 2.47. The molecule has 0 saturated carbocycles. The van der Waals surface area contributed by atoms with Crippen molar-refractivity contribution in [2.45, 2.75) is 19.2 Å². The summed E-state index contributed by atoms with van der Waals surface area (Å²) in [6.45, 7) is 1.41. The second-order valence-electron chi connectivity index (χ2n) is 6.07. The molecule has 1 aliphatic heterocycles. The Morgan fingerprint density at radius 2 is 2.00 bits per heavy atom. The van der Waals surface area contributed by atoms with E-state index in [1.807, 2.05) is 23.9 Å². The molecule has 2 aromatic heterocycles. The van der Waals surface area contributed by atoms with E-state index in [4.69, 9.17) is 0 Å². The zero-order valence-corrected chi connectivity index (χ0v) is 13.8. The molecule has 8 nitrogen and oxygen atoms in total. The van der Waals surface area contributed by atoms with Crippen LogP contribution >= 0.6 is 0 Å². The first-order valence-corrected chi connectivity index (χ1v) is 8.06. The highest BCUT2D eigenvalue weighted by Crippen LogP contribution is 2.23. The average Bonchev–Trinajstić information content (AvgIpc) is 3.26. The molecule has 0 spiro atoms. The van der Waals surface area contributed by atoms with Gasteiger partial charge in [-0.05, 0) is 5.56 Å². The predicted octanol–water partition coefficient (Wildman–Crippen LogP) is 0.754. The molecule has 8 heteroatoms. The SMILES string of the molecule is Cn1cc(-c2nnc3n2CCN(C(=O)C(O)c2ccccc2)C3)cn1. The summed E-state index contributed by atoms with van der Waals surface area (Å²) in [5.41, 5.74) is 1.49. The number of benzene rings is 1.